The Labute approximate surface area is 173 Å². The van der Waals surface area contributed by atoms with Crippen LogP contribution in [0.5, 0.6) is 0 Å². The van der Waals surface area contributed by atoms with Crippen molar-refractivity contribution in [2.45, 2.75) is 0 Å². The van der Waals surface area contributed by atoms with E-state index in [2.05, 4.69) is 35.7 Å². The van der Waals surface area contributed by atoms with Crippen molar-refractivity contribution in [2.24, 2.45) is 5.10 Å². The second kappa shape index (κ2) is 9.31. The molecule has 2 aromatic carbocycles. The van der Waals surface area contributed by atoms with Gasteiger partial charge in [-0.3, -0.25) is 0 Å². The van der Waals surface area contributed by atoms with Crippen LogP contribution in [0.15, 0.2) is 59.7 Å². The highest BCUT2D eigenvalue weighted by atomic mass is 35.5. The Kier molecular flexibility index (Phi) is 6.13. The molecule has 1 fully saturated rings. The van der Waals surface area contributed by atoms with Gasteiger partial charge in [0.15, 0.2) is 0 Å². The van der Waals surface area contributed by atoms with Gasteiger partial charge in [0.2, 0.25) is 17.8 Å². The Morgan fingerprint density at radius 3 is 2.41 bits per heavy atom. The first-order chi connectivity index (χ1) is 14.3. The Balaban J connectivity index is 1.56. The van der Waals surface area contributed by atoms with Crippen LogP contribution in [0.1, 0.15) is 5.56 Å². The lowest BCUT2D eigenvalue weighted by Gasteiger charge is -2.27. The normalized spacial score (nSPS) is 14.2. The van der Waals surface area contributed by atoms with Gasteiger partial charge < -0.3 is 15.0 Å². The van der Waals surface area contributed by atoms with Gasteiger partial charge in [0.05, 0.1) is 19.4 Å². The maximum atomic E-state index is 5.96. The topological polar surface area (TPSA) is 87.6 Å². The van der Waals surface area contributed by atoms with Gasteiger partial charge in [-0.05, 0) is 29.8 Å². The molecule has 0 radical (unpaired) electrons. The summed E-state index contributed by atoms with van der Waals surface area (Å²) in [4.78, 5) is 15.5. The molecule has 1 aromatic heterocycles. The molecule has 0 saturated carbocycles. The van der Waals surface area contributed by atoms with Gasteiger partial charge in [-0.15, -0.1) is 0 Å². The summed E-state index contributed by atoms with van der Waals surface area (Å²) >= 11 is 5.96. The molecular formula is C20H20ClN7O. The molecule has 3 aromatic rings. The number of hydrogen-bond acceptors (Lipinski definition) is 8. The van der Waals surface area contributed by atoms with E-state index in [1.807, 2.05) is 42.5 Å². The Morgan fingerprint density at radius 2 is 1.66 bits per heavy atom. The molecule has 0 unspecified atom stereocenters. The molecule has 8 nitrogen and oxygen atoms in total. The molecular weight excluding hydrogens is 390 g/mol. The summed E-state index contributed by atoms with van der Waals surface area (Å²) < 4.78 is 5.42. The number of anilines is 4. The van der Waals surface area contributed by atoms with Gasteiger partial charge in [0, 0.05) is 23.8 Å². The van der Waals surface area contributed by atoms with Crippen LogP contribution in [-0.2, 0) is 4.74 Å². The predicted octanol–water partition coefficient (Wildman–Crippen LogP) is 3.55. The van der Waals surface area contributed by atoms with Gasteiger partial charge in [-0.1, -0.05) is 41.9 Å². The summed E-state index contributed by atoms with van der Waals surface area (Å²) in [6.45, 7) is 2.72. The van der Waals surface area contributed by atoms with Crippen LogP contribution in [0.25, 0.3) is 0 Å². The quantitative estimate of drug-likeness (QED) is 0.475. The number of halogens is 1. The number of ether oxygens (including phenoxy) is 1. The van der Waals surface area contributed by atoms with Gasteiger partial charge in [-0.2, -0.15) is 20.1 Å². The van der Waals surface area contributed by atoms with Crippen LogP contribution in [0.2, 0.25) is 5.02 Å². The number of rotatable bonds is 6. The van der Waals surface area contributed by atoms with Gasteiger partial charge in [-0.25, -0.2) is 5.43 Å². The van der Waals surface area contributed by atoms with Crippen LogP contribution in [0.4, 0.5) is 23.5 Å². The molecule has 2 N–H and O–H groups in total. The van der Waals surface area contributed by atoms with E-state index < -0.39 is 0 Å². The van der Waals surface area contributed by atoms with E-state index >= 15 is 0 Å². The summed E-state index contributed by atoms with van der Waals surface area (Å²) in [7, 11) is 0. The third-order valence-electron chi connectivity index (χ3n) is 4.20. The molecule has 4 rings (SSSR count). The molecule has 0 atom stereocenters. The standard InChI is InChI=1S/C20H20ClN7O/c21-16-6-8-17(9-7-16)23-18-24-19(27-22-14-15-4-2-1-3-5-15)26-20(25-18)28-10-12-29-13-11-28/h1-9,14H,10-13H2,(H2,23,24,25,26,27)/b22-14-. The highest BCUT2D eigenvalue weighted by molar-refractivity contribution is 6.30. The number of hydrazone groups is 1. The third-order valence-corrected chi connectivity index (χ3v) is 4.45. The fourth-order valence-corrected chi connectivity index (χ4v) is 2.87. The zero-order valence-corrected chi connectivity index (χ0v) is 16.4. The minimum atomic E-state index is 0.352. The Morgan fingerprint density at radius 1 is 0.931 bits per heavy atom. The van der Waals surface area contributed by atoms with E-state index in [0.29, 0.717) is 36.1 Å². The van der Waals surface area contributed by atoms with E-state index in [1.54, 1.807) is 18.3 Å². The van der Waals surface area contributed by atoms with Crippen molar-refractivity contribution in [3.05, 3.63) is 65.2 Å². The zero-order valence-electron chi connectivity index (χ0n) is 15.6. The lowest BCUT2D eigenvalue weighted by atomic mass is 10.2. The molecule has 0 bridgehead atoms. The number of hydrogen-bond donors (Lipinski definition) is 2. The molecule has 148 valence electrons. The lowest BCUT2D eigenvalue weighted by Crippen LogP contribution is -2.37. The number of benzene rings is 2. The van der Waals surface area contributed by atoms with Crippen LogP contribution >= 0.6 is 11.6 Å². The Hall–Kier alpha value is -3.23. The highest BCUT2D eigenvalue weighted by Gasteiger charge is 2.16. The van der Waals surface area contributed by atoms with Crippen LogP contribution in [0.3, 0.4) is 0 Å². The minimum absolute atomic E-state index is 0.352. The van der Waals surface area contributed by atoms with E-state index in [4.69, 9.17) is 16.3 Å². The number of nitrogens with zero attached hydrogens (tertiary/aromatic N) is 5. The predicted molar refractivity (Wildman–Crippen MR) is 115 cm³/mol. The molecule has 0 amide bonds. The summed E-state index contributed by atoms with van der Waals surface area (Å²) in [5.41, 5.74) is 4.70. The van der Waals surface area contributed by atoms with Crippen molar-refractivity contribution in [1.82, 2.24) is 15.0 Å². The average molecular weight is 410 g/mol. The second-order valence-corrected chi connectivity index (χ2v) is 6.73. The molecule has 1 saturated heterocycles. The zero-order chi connectivity index (χ0) is 19.9. The van der Waals surface area contributed by atoms with Gasteiger partial charge in [0.25, 0.3) is 0 Å². The molecule has 29 heavy (non-hydrogen) atoms. The van der Waals surface area contributed by atoms with Crippen molar-refractivity contribution >= 4 is 41.3 Å². The monoisotopic (exact) mass is 409 g/mol. The van der Waals surface area contributed by atoms with Gasteiger partial charge >= 0.3 is 0 Å². The molecule has 0 aliphatic carbocycles. The smallest absolute Gasteiger partial charge is 0.250 e. The van der Waals surface area contributed by atoms with Crippen molar-refractivity contribution < 1.29 is 4.74 Å². The van der Waals surface area contributed by atoms with E-state index in [1.165, 1.54) is 0 Å². The summed E-state index contributed by atoms with van der Waals surface area (Å²) in [6.07, 6.45) is 1.71. The number of nitrogens with one attached hydrogen (secondary N) is 2. The van der Waals surface area contributed by atoms with Crippen LogP contribution in [-0.4, -0.2) is 47.5 Å². The first-order valence-corrected chi connectivity index (χ1v) is 9.59. The molecule has 0 spiro atoms. The summed E-state index contributed by atoms with van der Waals surface area (Å²) in [6, 6.07) is 17.1. The summed E-state index contributed by atoms with van der Waals surface area (Å²) in [5, 5.41) is 8.09. The molecule has 1 aliphatic heterocycles. The minimum Gasteiger partial charge on any atom is -0.378 e. The second-order valence-electron chi connectivity index (χ2n) is 6.29. The first kappa shape index (κ1) is 19.1. The number of morpholine rings is 1. The van der Waals surface area contributed by atoms with Crippen LogP contribution in [0, 0.1) is 0 Å². The Bertz CT molecular complexity index is 960. The van der Waals surface area contributed by atoms with Crippen molar-refractivity contribution in [2.75, 3.05) is 41.9 Å². The maximum Gasteiger partial charge on any atom is 0.250 e. The molecule has 9 heteroatoms. The highest BCUT2D eigenvalue weighted by Crippen LogP contribution is 2.20. The number of aromatic nitrogens is 3. The maximum absolute atomic E-state index is 5.96. The van der Waals surface area contributed by atoms with E-state index in [-0.39, 0.29) is 0 Å². The SMILES string of the molecule is Clc1ccc(Nc2nc(N/N=C\c3ccccc3)nc(N3CCOCC3)n2)cc1. The van der Waals surface area contributed by atoms with Crippen molar-refractivity contribution in [3.63, 3.8) is 0 Å². The van der Waals surface area contributed by atoms with Crippen molar-refractivity contribution in [1.29, 1.82) is 0 Å². The van der Waals surface area contributed by atoms with Gasteiger partial charge in [0.1, 0.15) is 0 Å². The van der Waals surface area contributed by atoms with Crippen molar-refractivity contribution in [3.8, 4) is 0 Å². The first-order valence-electron chi connectivity index (χ1n) is 9.22. The summed E-state index contributed by atoms with van der Waals surface area (Å²) in [5.74, 6) is 1.34. The van der Waals surface area contributed by atoms with E-state index in [0.717, 1.165) is 24.3 Å². The molecule has 2 heterocycles. The fourth-order valence-electron chi connectivity index (χ4n) is 2.74. The third kappa shape index (κ3) is 5.40. The average Bonchev–Trinajstić information content (AvgIpc) is 2.77. The van der Waals surface area contributed by atoms with Crippen LogP contribution < -0.4 is 15.6 Å². The lowest BCUT2D eigenvalue weighted by molar-refractivity contribution is 0.122. The molecule has 1 aliphatic rings. The largest absolute Gasteiger partial charge is 0.378 e. The van der Waals surface area contributed by atoms with E-state index in [9.17, 15) is 0 Å². The fraction of sp³-hybridized carbons (Fsp3) is 0.200.